The van der Waals surface area contributed by atoms with E-state index in [1.807, 2.05) is 0 Å². The van der Waals surface area contributed by atoms with Gasteiger partial charge in [-0.2, -0.15) is 4.53 Å². The first-order valence-electron chi connectivity index (χ1n) is 8.04. The third kappa shape index (κ3) is 5.36. The van der Waals surface area contributed by atoms with Gasteiger partial charge in [-0.15, -0.1) is 4.53 Å². The first kappa shape index (κ1) is 21.5. The zero-order chi connectivity index (χ0) is 20.2. The van der Waals surface area contributed by atoms with Crippen LogP contribution >= 0.6 is 35.2 Å². The summed E-state index contributed by atoms with van der Waals surface area (Å²) < 4.78 is 6.88. The van der Waals surface area contributed by atoms with Crippen LogP contribution in [-0.2, 0) is 0 Å². The van der Waals surface area contributed by atoms with Gasteiger partial charge < -0.3 is 4.74 Å². The third-order valence-corrected chi connectivity index (χ3v) is 5.14. The summed E-state index contributed by atoms with van der Waals surface area (Å²) in [6, 6.07) is 13.1. The molecule has 0 aliphatic heterocycles. The number of hydrogen-bond acceptors (Lipinski definition) is 4. The van der Waals surface area contributed by atoms with Crippen LogP contribution < -0.4 is 4.74 Å². The number of methoxy groups -OCH3 is 1. The maximum Gasteiger partial charge on any atom is 0.284 e. The molecule has 0 aliphatic rings. The van der Waals surface area contributed by atoms with Crippen molar-refractivity contribution in [1.82, 2.24) is 9.06 Å². The van der Waals surface area contributed by atoms with E-state index in [4.69, 9.17) is 39.9 Å². The second-order valence-electron chi connectivity index (χ2n) is 6.48. The van der Waals surface area contributed by atoms with Crippen molar-refractivity contribution in [1.29, 1.82) is 0 Å². The largest absolute Gasteiger partial charge is 0.497 e. The standard InChI is InChI=1S/C19H19Cl3N2O3/c1-19(2,12-17(25)13-7-9-15(20)10-8-13)24(22)23(21)18(26)14-5-4-6-16(11-14)27-3/h4-11H,12H2,1-3H3. The van der Waals surface area contributed by atoms with Gasteiger partial charge in [0.2, 0.25) is 0 Å². The molecule has 0 bridgehead atoms. The topological polar surface area (TPSA) is 49.9 Å². The molecule has 0 aromatic heterocycles. The number of hydrazine groups is 1. The molecule has 0 saturated carbocycles. The highest BCUT2D eigenvalue weighted by Gasteiger charge is 2.35. The Balaban J connectivity index is 2.13. The zero-order valence-electron chi connectivity index (χ0n) is 15.1. The number of hydrogen-bond donors (Lipinski definition) is 0. The van der Waals surface area contributed by atoms with Crippen molar-refractivity contribution in [2.75, 3.05) is 7.11 Å². The van der Waals surface area contributed by atoms with Gasteiger partial charge in [0.05, 0.1) is 12.6 Å². The first-order valence-corrected chi connectivity index (χ1v) is 9.10. The average molecular weight is 430 g/mol. The van der Waals surface area contributed by atoms with E-state index < -0.39 is 11.4 Å². The fourth-order valence-corrected chi connectivity index (χ4v) is 2.93. The number of nitrogens with zero attached hydrogens (tertiary/aromatic N) is 2. The smallest absolute Gasteiger partial charge is 0.284 e. The van der Waals surface area contributed by atoms with Crippen molar-refractivity contribution in [2.45, 2.75) is 25.8 Å². The molecule has 1 amide bonds. The summed E-state index contributed by atoms with van der Waals surface area (Å²) in [5.74, 6) is -0.178. The summed E-state index contributed by atoms with van der Waals surface area (Å²) in [4.78, 5) is 25.1. The van der Waals surface area contributed by atoms with Crippen LogP contribution in [0.2, 0.25) is 5.02 Å². The van der Waals surface area contributed by atoms with E-state index in [1.54, 1.807) is 62.4 Å². The number of benzene rings is 2. The number of Topliss-reactive ketones (excluding diaryl/α,β-unsaturated/α-hetero) is 1. The number of carbonyl (C=O) groups is 2. The normalized spacial score (nSPS) is 11.4. The Labute approximate surface area is 173 Å². The summed E-state index contributed by atoms with van der Waals surface area (Å²) >= 11 is 18.3. The molecule has 0 radical (unpaired) electrons. The number of rotatable bonds is 7. The van der Waals surface area contributed by atoms with Crippen molar-refractivity contribution < 1.29 is 14.3 Å². The van der Waals surface area contributed by atoms with Crippen LogP contribution in [0.4, 0.5) is 0 Å². The van der Waals surface area contributed by atoms with Crippen LogP contribution in [0.25, 0.3) is 0 Å². The lowest BCUT2D eigenvalue weighted by molar-refractivity contribution is 0.0374. The van der Waals surface area contributed by atoms with E-state index in [2.05, 4.69) is 0 Å². The predicted octanol–water partition coefficient (Wildman–Crippen LogP) is 5.37. The van der Waals surface area contributed by atoms with Crippen LogP contribution in [0, 0.1) is 0 Å². The molecule has 27 heavy (non-hydrogen) atoms. The van der Waals surface area contributed by atoms with Gasteiger partial charge >= 0.3 is 0 Å². The number of halogens is 3. The van der Waals surface area contributed by atoms with Crippen LogP contribution in [0.3, 0.4) is 0 Å². The number of ketones is 1. The Hall–Kier alpha value is -1.79. The highest BCUT2D eigenvalue weighted by Crippen LogP contribution is 2.28. The molecule has 0 N–H and O–H groups in total. The summed E-state index contributed by atoms with van der Waals surface area (Å²) in [6.45, 7) is 3.42. The lowest BCUT2D eigenvalue weighted by Gasteiger charge is -2.35. The van der Waals surface area contributed by atoms with Crippen LogP contribution in [0.15, 0.2) is 48.5 Å². The Morgan fingerprint density at radius 3 is 2.26 bits per heavy atom. The van der Waals surface area contributed by atoms with E-state index in [0.29, 0.717) is 21.9 Å². The minimum atomic E-state index is -0.936. The van der Waals surface area contributed by atoms with Gasteiger partial charge in [-0.1, -0.05) is 17.7 Å². The predicted molar refractivity (Wildman–Crippen MR) is 107 cm³/mol. The monoisotopic (exact) mass is 428 g/mol. The molecular formula is C19H19Cl3N2O3. The molecule has 0 fully saturated rings. The van der Waals surface area contributed by atoms with Gasteiger partial charge in [-0.25, -0.2) is 0 Å². The van der Waals surface area contributed by atoms with Gasteiger partial charge in [0.15, 0.2) is 5.78 Å². The maximum absolute atomic E-state index is 12.6. The van der Waals surface area contributed by atoms with Crippen LogP contribution in [0.5, 0.6) is 5.75 Å². The van der Waals surface area contributed by atoms with Gasteiger partial charge in [0, 0.05) is 46.1 Å². The molecule has 0 unspecified atom stereocenters. The van der Waals surface area contributed by atoms with Crippen LogP contribution in [-0.4, -0.2) is 33.4 Å². The molecule has 2 aromatic rings. The molecule has 5 nitrogen and oxygen atoms in total. The third-order valence-electron chi connectivity index (χ3n) is 3.90. The number of amides is 1. The average Bonchev–Trinajstić information content (AvgIpc) is 2.66. The van der Waals surface area contributed by atoms with Gasteiger partial charge in [0.1, 0.15) is 5.75 Å². The van der Waals surface area contributed by atoms with E-state index in [0.717, 1.165) is 9.06 Å². The molecule has 0 aliphatic carbocycles. The fourth-order valence-electron chi connectivity index (χ4n) is 2.38. The molecule has 2 aromatic carbocycles. The quantitative estimate of drug-likeness (QED) is 0.337. The number of ether oxygens (including phenoxy) is 1. The van der Waals surface area contributed by atoms with Crippen molar-refractivity contribution >= 4 is 46.8 Å². The minimum Gasteiger partial charge on any atom is -0.497 e. The Morgan fingerprint density at radius 1 is 1.04 bits per heavy atom. The zero-order valence-corrected chi connectivity index (χ0v) is 17.3. The van der Waals surface area contributed by atoms with E-state index in [-0.39, 0.29) is 12.2 Å². The Kier molecular flexibility index (Phi) is 7.12. The fraction of sp³-hybridized carbons (Fsp3) is 0.263. The van der Waals surface area contributed by atoms with E-state index in [9.17, 15) is 9.59 Å². The Morgan fingerprint density at radius 2 is 1.67 bits per heavy atom. The second-order valence-corrected chi connectivity index (χ2v) is 7.55. The van der Waals surface area contributed by atoms with Crippen molar-refractivity contribution in [3.63, 3.8) is 0 Å². The molecule has 0 spiro atoms. The molecule has 0 atom stereocenters. The summed E-state index contributed by atoms with van der Waals surface area (Å²) in [6.07, 6.45) is 0.0345. The van der Waals surface area contributed by atoms with Crippen LogP contribution in [0.1, 0.15) is 41.0 Å². The van der Waals surface area contributed by atoms with E-state index >= 15 is 0 Å². The maximum atomic E-state index is 12.6. The molecular weight excluding hydrogens is 411 g/mol. The summed E-state index contributed by atoms with van der Waals surface area (Å²) in [5.41, 5.74) is -0.137. The molecule has 0 heterocycles. The summed E-state index contributed by atoms with van der Waals surface area (Å²) in [5, 5.41) is 0.542. The molecule has 0 saturated heterocycles. The molecule has 2 rings (SSSR count). The van der Waals surface area contributed by atoms with Gasteiger partial charge in [-0.3, -0.25) is 9.59 Å². The SMILES string of the molecule is COc1cccc(C(=O)N(Cl)N(Cl)C(C)(C)CC(=O)c2ccc(Cl)cc2)c1. The van der Waals surface area contributed by atoms with Crippen molar-refractivity contribution in [2.24, 2.45) is 0 Å². The lowest BCUT2D eigenvalue weighted by atomic mass is 9.95. The number of carbonyl (C=O) groups excluding carboxylic acids is 2. The molecule has 144 valence electrons. The first-order chi connectivity index (χ1) is 12.7. The lowest BCUT2D eigenvalue weighted by Crippen LogP contribution is -2.48. The minimum absolute atomic E-state index is 0.0345. The van der Waals surface area contributed by atoms with E-state index in [1.165, 1.54) is 7.11 Å². The highest BCUT2D eigenvalue weighted by molar-refractivity contribution is 6.30. The highest BCUT2D eigenvalue weighted by atomic mass is 35.5. The Bertz CT molecular complexity index is 825. The summed E-state index contributed by atoms with van der Waals surface area (Å²) in [7, 11) is 1.50. The van der Waals surface area contributed by atoms with Crippen molar-refractivity contribution in [3.8, 4) is 5.75 Å². The van der Waals surface area contributed by atoms with Gasteiger partial charge in [-0.05, 0) is 56.3 Å². The molecule has 8 heteroatoms. The van der Waals surface area contributed by atoms with Gasteiger partial charge in [0.25, 0.3) is 5.91 Å². The second kappa shape index (κ2) is 8.93. The van der Waals surface area contributed by atoms with Crippen molar-refractivity contribution in [3.05, 3.63) is 64.7 Å².